The van der Waals surface area contributed by atoms with Crippen LogP contribution in [0.15, 0.2) is 12.4 Å². The third-order valence-corrected chi connectivity index (χ3v) is 4.27. The first-order chi connectivity index (χ1) is 10.5. The molecule has 2 aromatic heterocycles. The van der Waals surface area contributed by atoms with E-state index in [1.54, 1.807) is 6.33 Å². The molecule has 3 rings (SSSR count). The molecule has 5 nitrogen and oxygen atoms in total. The molecule has 1 aliphatic carbocycles. The Kier molecular flexibility index (Phi) is 3.89. The Bertz CT molecular complexity index is 700. The van der Waals surface area contributed by atoms with Crippen molar-refractivity contribution in [1.82, 2.24) is 19.7 Å². The fraction of sp³-hybridized carbons (Fsp3) is 0.588. The highest BCUT2D eigenvalue weighted by Crippen LogP contribution is 2.35. The van der Waals surface area contributed by atoms with E-state index in [1.807, 2.05) is 24.3 Å². The summed E-state index contributed by atoms with van der Waals surface area (Å²) in [6.45, 7) is 8.33. The molecular formula is C17H24N4O. The zero-order valence-electron chi connectivity index (χ0n) is 13.8. The quantitative estimate of drug-likeness (QED) is 0.923. The average Bonchev–Trinajstić information content (AvgIpc) is 3.17. The molecule has 0 aliphatic heterocycles. The molecular weight excluding hydrogens is 276 g/mol. The van der Waals surface area contributed by atoms with Crippen LogP contribution >= 0.6 is 0 Å². The van der Waals surface area contributed by atoms with Gasteiger partial charge in [0, 0.05) is 17.4 Å². The van der Waals surface area contributed by atoms with Crippen LogP contribution in [0.5, 0.6) is 0 Å². The van der Waals surface area contributed by atoms with E-state index in [1.165, 1.54) is 12.8 Å². The van der Waals surface area contributed by atoms with Gasteiger partial charge in [0.15, 0.2) is 11.3 Å². The number of aryl methyl sites for hydroxylation is 2. The van der Waals surface area contributed by atoms with E-state index in [4.69, 9.17) is 0 Å². The summed E-state index contributed by atoms with van der Waals surface area (Å²) in [5, 5.41) is 3.19. The fourth-order valence-corrected chi connectivity index (χ4v) is 3.05. The molecule has 118 valence electrons. The van der Waals surface area contributed by atoms with Gasteiger partial charge in [-0.3, -0.25) is 9.20 Å². The Morgan fingerprint density at radius 1 is 1.41 bits per heavy atom. The Labute approximate surface area is 131 Å². The maximum absolute atomic E-state index is 12.6. The lowest BCUT2D eigenvalue weighted by atomic mass is 10.00. The normalized spacial score (nSPS) is 16.2. The van der Waals surface area contributed by atoms with Crippen molar-refractivity contribution in [3.05, 3.63) is 29.5 Å². The first kappa shape index (κ1) is 15.0. The zero-order valence-corrected chi connectivity index (χ0v) is 13.8. The van der Waals surface area contributed by atoms with Crippen molar-refractivity contribution in [2.75, 3.05) is 0 Å². The molecule has 1 amide bonds. The molecule has 0 aromatic carbocycles. The van der Waals surface area contributed by atoms with Crippen LogP contribution in [0.3, 0.4) is 0 Å². The van der Waals surface area contributed by atoms with Crippen molar-refractivity contribution >= 4 is 11.6 Å². The van der Waals surface area contributed by atoms with Crippen LogP contribution in [-0.4, -0.2) is 26.3 Å². The predicted octanol–water partition coefficient (Wildman–Crippen LogP) is 2.90. The van der Waals surface area contributed by atoms with Crippen LogP contribution in [-0.2, 0) is 0 Å². The maximum atomic E-state index is 12.6. The van der Waals surface area contributed by atoms with E-state index in [0.717, 1.165) is 17.8 Å². The second kappa shape index (κ2) is 5.71. The van der Waals surface area contributed by atoms with Crippen LogP contribution in [0.25, 0.3) is 5.65 Å². The minimum absolute atomic E-state index is 0.0995. The van der Waals surface area contributed by atoms with Crippen LogP contribution in [0, 0.1) is 25.7 Å². The summed E-state index contributed by atoms with van der Waals surface area (Å²) in [6, 6.07) is 2.25. The molecule has 0 saturated heterocycles. The number of hydrogen-bond donors (Lipinski definition) is 1. The van der Waals surface area contributed by atoms with Crippen molar-refractivity contribution in [1.29, 1.82) is 0 Å². The van der Waals surface area contributed by atoms with Crippen molar-refractivity contribution in [3.63, 3.8) is 0 Å². The fourth-order valence-electron chi connectivity index (χ4n) is 3.05. The molecule has 5 heteroatoms. The van der Waals surface area contributed by atoms with Crippen LogP contribution in [0.1, 0.15) is 55.0 Å². The molecule has 1 aliphatic rings. The third-order valence-electron chi connectivity index (χ3n) is 4.27. The number of fused-ring (bicyclic) bond motifs is 1. The van der Waals surface area contributed by atoms with E-state index in [9.17, 15) is 4.79 Å². The molecule has 22 heavy (non-hydrogen) atoms. The number of nitrogens with one attached hydrogen (secondary N) is 1. The van der Waals surface area contributed by atoms with E-state index in [2.05, 4.69) is 29.1 Å². The Morgan fingerprint density at radius 3 is 2.77 bits per heavy atom. The van der Waals surface area contributed by atoms with Crippen molar-refractivity contribution in [2.24, 2.45) is 11.8 Å². The smallest absolute Gasteiger partial charge is 0.274 e. The number of rotatable bonds is 5. The number of aromatic nitrogens is 3. The lowest BCUT2D eigenvalue weighted by Crippen LogP contribution is -2.37. The summed E-state index contributed by atoms with van der Waals surface area (Å²) in [7, 11) is 0. The molecule has 2 aromatic rings. The standard InChI is InChI=1S/C17H24N4O/c1-10(2)7-14(13-5-6-13)20-17(22)15-16-19-11(3)8-12(4)21(16)9-18-15/h8-10,13-14H,5-7H2,1-4H3,(H,20,22). The van der Waals surface area contributed by atoms with E-state index in [-0.39, 0.29) is 11.9 Å². The predicted molar refractivity (Wildman–Crippen MR) is 85.9 cm³/mol. The molecule has 1 fully saturated rings. The number of amides is 1. The van der Waals surface area contributed by atoms with Gasteiger partial charge in [-0.1, -0.05) is 13.8 Å². The highest BCUT2D eigenvalue weighted by molar-refractivity contribution is 5.98. The lowest BCUT2D eigenvalue weighted by Gasteiger charge is -2.19. The number of carbonyl (C=O) groups is 1. The zero-order chi connectivity index (χ0) is 15.9. The molecule has 1 saturated carbocycles. The van der Waals surface area contributed by atoms with Gasteiger partial charge >= 0.3 is 0 Å². The monoisotopic (exact) mass is 300 g/mol. The van der Waals surface area contributed by atoms with Crippen LogP contribution < -0.4 is 5.32 Å². The van der Waals surface area contributed by atoms with Gasteiger partial charge in [-0.25, -0.2) is 9.97 Å². The summed E-state index contributed by atoms with van der Waals surface area (Å²) >= 11 is 0. The summed E-state index contributed by atoms with van der Waals surface area (Å²) in [5.41, 5.74) is 3.02. The average molecular weight is 300 g/mol. The number of nitrogens with zero attached hydrogens (tertiary/aromatic N) is 3. The van der Waals surface area contributed by atoms with E-state index in [0.29, 0.717) is 23.2 Å². The molecule has 2 heterocycles. The largest absolute Gasteiger partial charge is 0.348 e. The molecule has 0 spiro atoms. The van der Waals surface area contributed by atoms with Gasteiger partial charge in [0.25, 0.3) is 5.91 Å². The molecule has 1 N–H and O–H groups in total. The Morgan fingerprint density at radius 2 is 2.14 bits per heavy atom. The summed E-state index contributed by atoms with van der Waals surface area (Å²) < 4.78 is 1.87. The van der Waals surface area contributed by atoms with Gasteiger partial charge in [0.05, 0.1) is 0 Å². The maximum Gasteiger partial charge on any atom is 0.274 e. The van der Waals surface area contributed by atoms with Gasteiger partial charge in [0.2, 0.25) is 0 Å². The van der Waals surface area contributed by atoms with Crippen LogP contribution in [0.2, 0.25) is 0 Å². The summed E-state index contributed by atoms with van der Waals surface area (Å²) in [5.74, 6) is 1.11. The minimum Gasteiger partial charge on any atom is -0.348 e. The number of hydrogen-bond acceptors (Lipinski definition) is 3. The van der Waals surface area contributed by atoms with E-state index >= 15 is 0 Å². The van der Waals surface area contributed by atoms with Crippen molar-refractivity contribution in [2.45, 2.75) is 53.0 Å². The Hall–Kier alpha value is -1.91. The van der Waals surface area contributed by atoms with Gasteiger partial charge in [-0.05, 0) is 51.0 Å². The molecule has 0 radical (unpaired) electrons. The first-order valence-corrected chi connectivity index (χ1v) is 8.08. The van der Waals surface area contributed by atoms with Crippen molar-refractivity contribution in [3.8, 4) is 0 Å². The third kappa shape index (κ3) is 2.98. The SMILES string of the molecule is Cc1cc(C)n2cnc(C(=O)NC(CC(C)C)C3CC3)c2n1. The van der Waals surface area contributed by atoms with Gasteiger partial charge in [-0.2, -0.15) is 0 Å². The highest BCUT2D eigenvalue weighted by Gasteiger charge is 2.33. The topological polar surface area (TPSA) is 59.3 Å². The Balaban J connectivity index is 1.85. The number of imidazole rings is 1. The summed E-state index contributed by atoms with van der Waals surface area (Å²) in [4.78, 5) is 21.4. The van der Waals surface area contributed by atoms with Crippen LogP contribution in [0.4, 0.5) is 0 Å². The second-order valence-electron chi connectivity index (χ2n) is 6.87. The first-order valence-electron chi connectivity index (χ1n) is 8.08. The number of carbonyl (C=O) groups excluding carboxylic acids is 1. The second-order valence-corrected chi connectivity index (χ2v) is 6.87. The highest BCUT2D eigenvalue weighted by atomic mass is 16.2. The molecule has 0 bridgehead atoms. The molecule has 1 atom stereocenters. The van der Waals surface area contributed by atoms with Gasteiger partial charge < -0.3 is 5.32 Å². The van der Waals surface area contributed by atoms with Gasteiger partial charge in [0.1, 0.15) is 6.33 Å². The minimum atomic E-state index is -0.0995. The van der Waals surface area contributed by atoms with E-state index < -0.39 is 0 Å². The van der Waals surface area contributed by atoms with Gasteiger partial charge in [-0.15, -0.1) is 0 Å². The van der Waals surface area contributed by atoms with Crippen molar-refractivity contribution < 1.29 is 4.79 Å². The summed E-state index contributed by atoms with van der Waals surface area (Å²) in [6.07, 6.45) is 5.14. The molecule has 1 unspecified atom stereocenters. The lowest BCUT2D eigenvalue weighted by molar-refractivity contribution is 0.0923.